The van der Waals surface area contributed by atoms with E-state index in [0.717, 1.165) is 35.9 Å². The standard InChI is InChI=1S/C19H29N5O.HI/c1-14-9-6-7-10-18(14)25-12-8-11-21-19(20-4)22-13-17-15(2)23-24(5)16(17)3;/h6-7,9-10H,8,11-13H2,1-5H3,(H2,20,21,22);1H. The Morgan fingerprint density at radius 3 is 2.54 bits per heavy atom. The molecule has 1 aromatic heterocycles. The first-order valence-corrected chi connectivity index (χ1v) is 8.65. The molecule has 0 aliphatic heterocycles. The van der Waals surface area contributed by atoms with E-state index in [4.69, 9.17) is 4.74 Å². The summed E-state index contributed by atoms with van der Waals surface area (Å²) in [6.45, 7) is 8.36. The summed E-state index contributed by atoms with van der Waals surface area (Å²) in [5.41, 5.74) is 4.60. The Morgan fingerprint density at radius 2 is 1.92 bits per heavy atom. The zero-order valence-corrected chi connectivity index (χ0v) is 18.6. The summed E-state index contributed by atoms with van der Waals surface area (Å²) < 4.78 is 7.71. The van der Waals surface area contributed by atoms with Crippen molar-refractivity contribution in [2.75, 3.05) is 20.2 Å². The molecule has 0 saturated carbocycles. The number of rotatable bonds is 7. The lowest BCUT2D eigenvalue weighted by molar-refractivity contribution is 0.309. The second kappa shape index (κ2) is 11.1. The van der Waals surface area contributed by atoms with Crippen molar-refractivity contribution in [1.82, 2.24) is 20.4 Å². The average Bonchev–Trinajstić information content (AvgIpc) is 2.84. The SMILES string of the molecule is CN=C(NCCCOc1ccccc1C)NCc1c(C)nn(C)c1C.I. The third-order valence-electron chi connectivity index (χ3n) is 4.28. The number of aryl methyl sites for hydroxylation is 3. The fourth-order valence-corrected chi connectivity index (χ4v) is 2.65. The van der Waals surface area contributed by atoms with Crippen LogP contribution in [0.3, 0.4) is 0 Å². The molecule has 0 amide bonds. The molecule has 6 nitrogen and oxygen atoms in total. The van der Waals surface area contributed by atoms with Crippen molar-refractivity contribution in [1.29, 1.82) is 0 Å². The van der Waals surface area contributed by atoms with Gasteiger partial charge in [0.15, 0.2) is 5.96 Å². The van der Waals surface area contributed by atoms with Crippen LogP contribution in [0.5, 0.6) is 5.75 Å². The molecule has 2 rings (SSSR count). The van der Waals surface area contributed by atoms with E-state index in [-0.39, 0.29) is 24.0 Å². The van der Waals surface area contributed by atoms with Crippen LogP contribution in [0, 0.1) is 20.8 Å². The Balaban J connectivity index is 0.00000338. The number of halogens is 1. The minimum absolute atomic E-state index is 0. The van der Waals surface area contributed by atoms with Gasteiger partial charge in [-0.05, 0) is 38.8 Å². The van der Waals surface area contributed by atoms with E-state index in [1.807, 2.05) is 36.9 Å². The minimum atomic E-state index is 0. The second-order valence-corrected chi connectivity index (χ2v) is 6.09. The predicted octanol–water partition coefficient (Wildman–Crippen LogP) is 3.10. The number of para-hydroxylation sites is 1. The van der Waals surface area contributed by atoms with Gasteiger partial charge >= 0.3 is 0 Å². The fraction of sp³-hybridized carbons (Fsp3) is 0.474. The Morgan fingerprint density at radius 1 is 1.19 bits per heavy atom. The van der Waals surface area contributed by atoms with Crippen LogP contribution >= 0.6 is 24.0 Å². The van der Waals surface area contributed by atoms with Crippen LogP contribution in [0.4, 0.5) is 0 Å². The smallest absolute Gasteiger partial charge is 0.191 e. The van der Waals surface area contributed by atoms with Gasteiger partial charge in [0.2, 0.25) is 0 Å². The Hall–Kier alpha value is -1.77. The molecule has 0 saturated heterocycles. The summed E-state index contributed by atoms with van der Waals surface area (Å²) in [6, 6.07) is 8.07. The molecule has 2 N–H and O–H groups in total. The number of aromatic nitrogens is 2. The van der Waals surface area contributed by atoms with Crippen molar-refractivity contribution in [3.63, 3.8) is 0 Å². The zero-order chi connectivity index (χ0) is 18.2. The minimum Gasteiger partial charge on any atom is -0.493 e. The first-order chi connectivity index (χ1) is 12.0. The van der Waals surface area contributed by atoms with Crippen LogP contribution in [-0.4, -0.2) is 35.9 Å². The highest BCUT2D eigenvalue weighted by Crippen LogP contribution is 2.16. The normalized spacial score (nSPS) is 11.0. The number of guanidine groups is 1. The summed E-state index contributed by atoms with van der Waals surface area (Å²) in [5.74, 6) is 1.74. The quantitative estimate of drug-likeness (QED) is 0.282. The van der Waals surface area contributed by atoms with E-state index < -0.39 is 0 Å². The van der Waals surface area contributed by atoms with Crippen molar-refractivity contribution < 1.29 is 4.74 Å². The third-order valence-corrected chi connectivity index (χ3v) is 4.28. The number of benzene rings is 1. The number of hydrogen-bond donors (Lipinski definition) is 2. The van der Waals surface area contributed by atoms with Gasteiger partial charge in [0.25, 0.3) is 0 Å². The highest BCUT2D eigenvalue weighted by Gasteiger charge is 2.09. The van der Waals surface area contributed by atoms with E-state index in [0.29, 0.717) is 13.2 Å². The van der Waals surface area contributed by atoms with Gasteiger partial charge in [0.1, 0.15) is 5.75 Å². The lowest BCUT2D eigenvalue weighted by Crippen LogP contribution is -2.37. The van der Waals surface area contributed by atoms with Gasteiger partial charge in [0, 0.05) is 38.4 Å². The number of hydrogen-bond acceptors (Lipinski definition) is 3. The van der Waals surface area contributed by atoms with Gasteiger partial charge in [-0.15, -0.1) is 24.0 Å². The highest BCUT2D eigenvalue weighted by molar-refractivity contribution is 14.0. The molecule has 2 aromatic rings. The van der Waals surface area contributed by atoms with Crippen molar-refractivity contribution in [2.45, 2.75) is 33.7 Å². The molecule has 0 aliphatic rings. The maximum atomic E-state index is 5.80. The molecule has 0 aliphatic carbocycles. The lowest BCUT2D eigenvalue weighted by Gasteiger charge is -2.13. The van der Waals surface area contributed by atoms with Gasteiger partial charge < -0.3 is 15.4 Å². The molecular formula is C19H30IN5O. The van der Waals surface area contributed by atoms with Gasteiger partial charge in [-0.1, -0.05) is 18.2 Å². The molecule has 0 unspecified atom stereocenters. The maximum absolute atomic E-state index is 5.80. The van der Waals surface area contributed by atoms with Crippen molar-refractivity contribution in [3.05, 3.63) is 46.8 Å². The average molecular weight is 471 g/mol. The van der Waals surface area contributed by atoms with Gasteiger partial charge in [-0.25, -0.2) is 0 Å². The van der Waals surface area contributed by atoms with Crippen LogP contribution in [0.15, 0.2) is 29.3 Å². The summed E-state index contributed by atoms with van der Waals surface area (Å²) in [4.78, 5) is 4.27. The van der Waals surface area contributed by atoms with E-state index >= 15 is 0 Å². The van der Waals surface area contributed by atoms with Gasteiger partial charge in [0.05, 0.1) is 12.3 Å². The predicted molar refractivity (Wildman–Crippen MR) is 118 cm³/mol. The second-order valence-electron chi connectivity index (χ2n) is 6.09. The highest BCUT2D eigenvalue weighted by atomic mass is 127. The van der Waals surface area contributed by atoms with Gasteiger partial charge in [-0.2, -0.15) is 5.10 Å². The lowest BCUT2D eigenvalue weighted by atomic mass is 10.2. The van der Waals surface area contributed by atoms with E-state index in [2.05, 4.69) is 40.6 Å². The van der Waals surface area contributed by atoms with E-state index in [1.165, 1.54) is 11.3 Å². The van der Waals surface area contributed by atoms with Crippen LogP contribution in [-0.2, 0) is 13.6 Å². The maximum Gasteiger partial charge on any atom is 0.191 e. The first-order valence-electron chi connectivity index (χ1n) is 8.65. The number of nitrogens with one attached hydrogen (secondary N) is 2. The topological polar surface area (TPSA) is 63.5 Å². The largest absolute Gasteiger partial charge is 0.493 e. The molecule has 1 aromatic carbocycles. The van der Waals surface area contributed by atoms with Crippen LogP contribution < -0.4 is 15.4 Å². The number of nitrogens with zero attached hydrogens (tertiary/aromatic N) is 3. The molecule has 0 spiro atoms. The molecule has 0 fully saturated rings. The molecule has 0 atom stereocenters. The molecule has 26 heavy (non-hydrogen) atoms. The van der Waals surface area contributed by atoms with Crippen molar-refractivity contribution >= 4 is 29.9 Å². The third kappa shape index (κ3) is 6.19. The molecular weight excluding hydrogens is 441 g/mol. The van der Waals surface area contributed by atoms with Crippen molar-refractivity contribution in [3.8, 4) is 5.75 Å². The Kier molecular flexibility index (Phi) is 9.47. The molecule has 7 heteroatoms. The Bertz CT molecular complexity index is 727. The van der Waals surface area contributed by atoms with E-state index in [1.54, 1.807) is 7.05 Å². The van der Waals surface area contributed by atoms with Gasteiger partial charge in [-0.3, -0.25) is 9.67 Å². The summed E-state index contributed by atoms with van der Waals surface area (Å²) >= 11 is 0. The fourth-order valence-electron chi connectivity index (χ4n) is 2.65. The summed E-state index contributed by atoms with van der Waals surface area (Å²) in [7, 11) is 3.75. The first kappa shape index (κ1) is 22.3. The molecule has 0 radical (unpaired) electrons. The number of aliphatic imine (C=N–C) groups is 1. The molecule has 144 valence electrons. The van der Waals surface area contributed by atoms with E-state index in [9.17, 15) is 0 Å². The monoisotopic (exact) mass is 471 g/mol. The van der Waals surface area contributed by atoms with Crippen molar-refractivity contribution in [2.24, 2.45) is 12.0 Å². The molecule has 1 heterocycles. The summed E-state index contributed by atoms with van der Waals surface area (Å²) in [5, 5.41) is 11.1. The van der Waals surface area contributed by atoms with Crippen LogP contribution in [0.25, 0.3) is 0 Å². The summed E-state index contributed by atoms with van der Waals surface area (Å²) in [6.07, 6.45) is 0.903. The van der Waals surface area contributed by atoms with Crippen LogP contribution in [0.2, 0.25) is 0 Å². The number of ether oxygens (including phenoxy) is 1. The zero-order valence-electron chi connectivity index (χ0n) is 16.3. The molecule has 0 bridgehead atoms. The van der Waals surface area contributed by atoms with Crippen LogP contribution in [0.1, 0.15) is 28.9 Å². The Labute approximate surface area is 173 Å².